The molecule has 2 rings (SSSR count). The van der Waals surface area contributed by atoms with Crippen molar-refractivity contribution in [1.82, 2.24) is 4.98 Å². The first-order valence-electron chi connectivity index (χ1n) is 5.11. The number of hydrogen-bond donors (Lipinski definition) is 1. The second kappa shape index (κ2) is 4.95. The summed E-state index contributed by atoms with van der Waals surface area (Å²) < 4.78 is 0. The van der Waals surface area contributed by atoms with Crippen molar-refractivity contribution in [3.63, 3.8) is 0 Å². The highest BCUT2D eigenvalue weighted by atomic mass is 35.5. The maximum absolute atomic E-state index is 5.94. The lowest BCUT2D eigenvalue weighted by atomic mass is 10.2. The third-order valence-electron chi connectivity index (χ3n) is 2.15. The van der Waals surface area contributed by atoms with Crippen molar-refractivity contribution in [1.29, 1.82) is 0 Å². The summed E-state index contributed by atoms with van der Waals surface area (Å²) in [7, 11) is 0. The molecule has 16 heavy (non-hydrogen) atoms. The fourth-order valence-corrected chi connectivity index (χ4v) is 2.50. The molecule has 84 valence electrons. The predicted molar refractivity (Wildman–Crippen MR) is 69.9 cm³/mol. The molecule has 0 bridgehead atoms. The predicted octanol–water partition coefficient (Wildman–Crippen LogP) is 3.35. The average molecular weight is 253 g/mol. The molecule has 0 spiro atoms. The molecule has 1 aromatic carbocycles. The van der Waals surface area contributed by atoms with E-state index in [0.717, 1.165) is 27.7 Å². The van der Waals surface area contributed by atoms with E-state index in [-0.39, 0.29) is 6.04 Å². The molecule has 2 N–H and O–H groups in total. The molecule has 0 fully saturated rings. The molecule has 0 aliphatic rings. The molecule has 1 unspecified atom stereocenters. The van der Waals surface area contributed by atoms with Gasteiger partial charge >= 0.3 is 0 Å². The molecule has 4 heteroatoms. The highest BCUT2D eigenvalue weighted by Crippen LogP contribution is 2.26. The first-order valence-corrected chi connectivity index (χ1v) is 6.37. The zero-order valence-electron chi connectivity index (χ0n) is 8.98. The van der Waals surface area contributed by atoms with Gasteiger partial charge in [-0.05, 0) is 19.1 Å². The fourth-order valence-electron chi connectivity index (χ4n) is 1.48. The van der Waals surface area contributed by atoms with Gasteiger partial charge < -0.3 is 5.73 Å². The Labute approximate surface area is 104 Å². The zero-order chi connectivity index (χ0) is 11.5. The summed E-state index contributed by atoms with van der Waals surface area (Å²) >= 11 is 7.57. The minimum absolute atomic E-state index is 0.148. The molecule has 0 saturated heterocycles. The van der Waals surface area contributed by atoms with Crippen LogP contribution in [0, 0.1) is 0 Å². The van der Waals surface area contributed by atoms with Gasteiger partial charge in [0.15, 0.2) is 0 Å². The number of hydrogen-bond acceptors (Lipinski definition) is 3. The maximum atomic E-state index is 5.94. The minimum atomic E-state index is 0.148. The number of halogens is 1. The lowest BCUT2D eigenvalue weighted by molar-refractivity contribution is 0.726. The Morgan fingerprint density at radius 3 is 3.00 bits per heavy atom. The summed E-state index contributed by atoms with van der Waals surface area (Å²) in [5, 5.41) is 3.79. The van der Waals surface area contributed by atoms with E-state index in [1.165, 1.54) is 0 Å². The number of rotatable bonds is 3. The van der Waals surface area contributed by atoms with Crippen molar-refractivity contribution in [2.75, 3.05) is 0 Å². The van der Waals surface area contributed by atoms with Gasteiger partial charge in [-0.1, -0.05) is 23.7 Å². The van der Waals surface area contributed by atoms with E-state index in [4.69, 9.17) is 17.3 Å². The van der Waals surface area contributed by atoms with Gasteiger partial charge in [-0.3, -0.25) is 0 Å². The van der Waals surface area contributed by atoms with Crippen LogP contribution in [0.2, 0.25) is 5.02 Å². The third-order valence-corrected chi connectivity index (χ3v) is 3.33. The summed E-state index contributed by atoms with van der Waals surface area (Å²) in [6, 6.07) is 7.89. The average Bonchev–Trinajstić information content (AvgIpc) is 2.65. The lowest BCUT2D eigenvalue weighted by Crippen LogP contribution is -2.17. The fraction of sp³-hybridized carbons (Fsp3) is 0.250. The molecule has 0 radical (unpaired) electrons. The van der Waals surface area contributed by atoms with Crippen molar-refractivity contribution in [3.05, 3.63) is 40.4 Å². The third kappa shape index (κ3) is 2.82. The standard InChI is InChI=1S/C12H13ClN2S/c1-8(14)5-11-7-16-12(15-11)9-3-2-4-10(13)6-9/h2-4,6-8H,5,14H2,1H3. The van der Waals surface area contributed by atoms with Crippen LogP contribution in [0.1, 0.15) is 12.6 Å². The van der Waals surface area contributed by atoms with E-state index in [0.29, 0.717) is 0 Å². The minimum Gasteiger partial charge on any atom is -0.328 e. The number of nitrogens with zero attached hydrogens (tertiary/aromatic N) is 1. The number of nitrogens with two attached hydrogens (primary N) is 1. The molecule has 0 aliphatic heterocycles. The first-order chi connectivity index (χ1) is 7.65. The molecule has 1 aromatic heterocycles. The summed E-state index contributed by atoms with van der Waals surface area (Å²) in [6.45, 7) is 1.98. The quantitative estimate of drug-likeness (QED) is 0.910. The smallest absolute Gasteiger partial charge is 0.123 e. The van der Waals surface area contributed by atoms with Crippen LogP contribution in [0.3, 0.4) is 0 Å². The van der Waals surface area contributed by atoms with Crippen molar-refractivity contribution in [3.8, 4) is 10.6 Å². The van der Waals surface area contributed by atoms with Gasteiger partial charge in [0.05, 0.1) is 5.69 Å². The molecule has 0 amide bonds. The maximum Gasteiger partial charge on any atom is 0.123 e. The van der Waals surface area contributed by atoms with Crippen LogP contribution >= 0.6 is 22.9 Å². The number of thiazole rings is 1. The molecular weight excluding hydrogens is 240 g/mol. The highest BCUT2D eigenvalue weighted by molar-refractivity contribution is 7.13. The van der Waals surface area contributed by atoms with Crippen LogP contribution in [0.4, 0.5) is 0 Å². The largest absolute Gasteiger partial charge is 0.328 e. The van der Waals surface area contributed by atoms with Gasteiger partial charge in [0, 0.05) is 28.4 Å². The van der Waals surface area contributed by atoms with Gasteiger partial charge in [-0.2, -0.15) is 0 Å². The monoisotopic (exact) mass is 252 g/mol. The summed E-state index contributed by atoms with van der Waals surface area (Å²) in [5.74, 6) is 0. The van der Waals surface area contributed by atoms with Gasteiger partial charge in [0.2, 0.25) is 0 Å². The Kier molecular flexibility index (Phi) is 3.59. The molecule has 2 aromatic rings. The second-order valence-corrected chi connectivity index (χ2v) is 5.13. The highest BCUT2D eigenvalue weighted by Gasteiger charge is 2.06. The van der Waals surface area contributed by atoms with Crippen LogP contribution in [-0.2, 0) is 6.42 Å². The first kappa shape index (κ1) is 11.6. The lowest BCUT2D eigenvalue weighted by Gasteiger charge is -2.00. The Bertz CT molecular complexity index is 479. The van der Waals surface area contributed by atoms with Crippen molar-refractivity contribution < 1.29 is 0 Å². The summed E-state index contributed by atoms with van der Waals surface area (Å²) in [4.78, 5) is 4.54. The van der Waals surface area contributed by atoms with E-state index in [2.05, 4.69) is 10.4 Å². The van der Waals surface area contributed by atoms with Gasteiger partial charge in [0.1, 0.15) is 5.01 Å². The number of aromatic nitrogens is 1. The van der Waals surface area contributed by atoms with Crippen LogP contribution in [0.15, 0.2) is 29.6 Å². The van der Waals surface area contributed by atoms with Crippen molar-refractivity contribution in [2.45, 2.75) is 19.4 Å². The summed E-state index contributed by atoms with van der Waals surface area (Å²) in [6.07, 6.45) is 0.817. The molecule has 0 saturated carbocycles. The van der Waals surface area contributed by atoms with E-state index in [9.17, 15) is 0 Å². The van der Waals surface area contributed by atoms with Gasteiger partial charge in [0.25, 0.3) is 0 Å². The second-order valence-electron chi connectivity index (χ2n) is 3.84. The zero-order valence-corrected chi connectivity index (χ0v) is 10.6. The molecule has 1 atom stereocenters. The van der Waals surface area contributed by atoms with Gasteiger partial charge in [-0.25, -0.2) is 4.98 Å². The molecule has 1 heterocycles. The summed E-state index contributed by atoms with van der Waals surface area (Å²) in [5.41, 5.74) is 7.85. The molecular formula is C12H13ClN2S. The SMILES string of the molecule is CC(N)Cc1csc(-c2cccc(Cl)c2)n1. The van der Waals surface area contributed by atoms with Crippen molar-refractivity contribution >= 4 is 22.9 Å². The van der Waals surface area contributed by atoms with Crippen molar-refractivity contribution in [2.24, 2.45) is 5.73 Å². The van der Waals surface area contributed by atoms with E-state index >= 15 is 0 Å². The van der Waals surface area contributed by atoms with Crippen LogP contribution in [-0.4, -0.2) is 11.0 Å². The van der Waals surface area contributed by atoms with Crippen LogP contribution in [0.25, 0.3) is 10.6 Å². The normalized spacial score (nSPS) is 12.7. The van der Waals surface area contributed by atoms with E-state index in [1.54, 1.807) is 11.3 Å². The Hall–Kier alpha value is -0.900. The van der Waals surface area contributed by atoms with Gasteiger partial charge in [-0.15, -0.1) is 11.3 Å². The topological polar surface area (TPSA) is 38.9 Å². The Morgan fingerprint density at radius 1 is 1.50 bits per heavy atom. The molecule has 0 aliphatic carbocycles. The Balaban J connectivity index is 2.24. The number of benzene rings is 1. The Morgan fingerprint density at radius 2 is 2.31 bits per heavy atom. The molecule has 2 nitrogen and oxygen atoms in total. The van der Waals surface area contributed by atoms with Crippen LogP contribution < -0.4 is 5.73 Å². The van der Waals surface area contributed by atoms with E-state index < -0.39 is 0 Å². The van der Waals surface area contributed by atoms with Crippen LogP contribution in [0.5, 0.6) is 0 Å². The van der Waals surface area contributed by atoms with E-state index in [1.807, 2.05) is 31.2 Å².